The minimum absolute atomic E-state index is 0.246. The highest BCUT2D eigenvalue weighted by atomic mass is 19.1. The highest BCUT2D eigenvalue weighted by Crippen LogP contribution is 2.30. The van der Waals surface area contributed by atoms with Gasteiger partial charge in [0.05, 0.1) is 0 Å². The quantitative estimate of drug-likeness (QED) is 0.736. The number of nitrogens with one attached hydrogen (secondary N) is 1. The summed E-state index contributed by atoms with van der Waals surface area (Å²) in [7, 11) is 1.96. The molecule has 0 radical (unpaired) electrons. The van der Waals surface area contributed by atoms with Gasteiger partial charge in [0, 0.05) is 17.0 Å². The van der Waals surface area contributed by atoms with E-state index in [0.29, 0.717) is 11.6 Å². The second-order valence-electron chi connectivity index (χ2n) is 5.17. The van der Waals surface area contributed by atoms with Crippen LogP contribution in [0.5, 0.6) is 0 Å². The molecule has 0 fully saturated rings. The fourth-order valence-corrected chi connectivity index (χ4v) is 2.67. The van der Waals surface area contributed by atoms with E-state index in [2.05, 4.69) is 24.4 Å². The maximum absolute atomic E-state index is 13.3. The summed E-state index contributed by atoms with van der Waals surface area (Å²) in [6.07, 6.45) is 1.02. The standard InChI is InChI=1S/C18H18FNO/c1-3-16(20-2)12-5-4-6-13(9-12)18-11-14-10-15(19)7-8-17(14)21-18/h4-11,16,20H,3H2,1-2H3. The van der Waals surface area contributed by atoms with E-state index in [0.717, 1.165) is 23.1 Å². The van der Waals surface area contributed by atoms with Crippen molar-refractivity contribution >= 4 is 11.0 Å². The lowest BCUT2D eigenvalue weighted by Gasteiger charge is -2.14. The Bertz CT molecular complexity index is 759. The molecule has 0 aliphatic heterocycles. The first-order valence-corrected chi connectivity index (χ1v) is 7.18. The number of rotatable bonds is 4. The number of hydrogen-bond acceptors (Lipinski definition) is 2. The second kappa shape index (κ2) is 5.70. The van der Waals surface area contributed by atoms with Crippen molar-refractivity contribution < 1.29 is 8.81 Å². The number of fused-ring (bicyclic) bond motifs is 1. The van der Waals surface area contributed by atoms with E-state index in [4.69, 9.17) is 4.42 Å². The summed E-state index contributed by atoms with van der Waals surface area (Å²) >= 11 is 0. The van der Waals surface area contributed by atoms with Crippen LogP contribution < -0.4 is 5.32 Å². The van der Waals surface area contributed by atoms with Gasteiger partial charge in [0.25, 0.3) is 0 Å². The fourth-order valence-electron chi connectivity index (χ4n) is 2.67. The molecule has 0 spiro atoms. The van der Waals surface area contributed by atoms with E-state index >= 15 is 0 Å². The zero-order valence-electron chi connectivity index (χ0n) is 12.2. The highest BCUT2D eigenvalue weighted by Gasteiger charge is 2.11. The Labute approximate surface area is 123 Å². The monoisotopic (exact) mass is 283 g/mol. The Balaban J connectivity index is 2.03. The van der Waals surface area contributed by atoms with Gasteiger partial charge in [-0.3, -0.25) is 0 Å². The van der Waals surface area contributed by atoms with Crippen molar-refractivity contribution in [2.75, 3.05) is 7.05 Å². The minimum Gasteiger partial charge on any atom is -0.456 e. The molecule has 3 heteroatoms. The topological polar surface area (TPSA) is 25.2 Å². The third kappa shape index (κ3) is 2.69. The Hall–Kier alpha value is -2.13. The SMILES string of the molecule is CCC(NC)c1cccc(-c2cc3cc(F)ccc3o2)c1. The third-order valence-electron chi connectivity index (χ3n) is 3.81. The van der Waals surface area contributed by atoms with Crippen molar-refractivity contribution in [1.82, 2.24) is 5.32 Å². The Morgan fingerprint density at radius 2 is 2.00 bits per heavy atom. The molecular formula is C18H18FNO. The van der Waals surface area contributed by atoms with Crippen molar-refractivity contribution in [3.8, 4) is 11.3 Å². The van der Waals surface area contributed by atoms with Crippen molar-refractivity contribution in [3.63, 3.8) is 0 Å². The molecule has 0 amide bonds. The van der Waals surface area contributed by atoms with Gasteiger partial charge in [-0.2, -0.15) is 0 Å². The van der Waals surface area contributed by atoms with Crippen LogP contribution in [0.2, 0.25) is 0 Å². The molecule has 21 heavy (non-hydrogen) atoms. The van der Waals surface area contributed by atoms with Gasteiger partial charge in [0.1, 0.15) is 17.2 Å². The highest BCUT2D eigenvalue weighted by molar-refractivity contribution is 5.82. The zero-order chi connectivity index (χ0) is 14.8. The van der Waals surface area contributed by atoms with Crippen LogP contribution >= 0.6 is 0 Å². The molecule has 3 rings (SSSR count). The summed E-state index contributed by atoms with van der Waals surface area (Å²) in [6, 6.07) is 15.1. The molecule has 1 atom stereocenters. The zero-order valence-corrected chi connectivity index (χ0v) is 12.2. The predicted molar refractivity (Wildman–Crippen MR) is 83.7 cm³/mol. The molecule has 0 aliphatic carbocycles. The largest absolute Gasteiger partial charge is 0.456 e. The van der Waals surface area contributed by atoms with Crippen LogP contribution in [0.3, 0.4) is 0 Å². The fraction of sp³-hybridized carbons (Fsp3) is 0.222. The summed E-state index contributed by atoms with van der Waals surface area (Å²) in [5, 5.41) is 4.09. The molecular weight excluding hydrogens is 265 g/mol. The van der Waals surface area contributed by atoms with E-state index in [1.165, 1.54) is 17.7 Å². The summed E-state index contributed by atoms with van der Waals surface area (Å²) in [5.74, 6) is 0.522. The molecule has 0 saturated heterocycles. The molecule has 0 aliphatic rings. The van der Waals surface area contributed by atoms with Crippen molar-refractivity contribution in [2.24, 2.45) is 0 Å². The summed E-state index contributed by atoms with van der Waals surface area (Å²) in [6.45, 7) is 2.15. The number of benzene rings is 2. The lowest BCUT2D eigenvalue weighted by molar-refractivity contribution is 0.576. The molecule has 1 heterocycles. The maximum atomic E-state index is 13.3. The van der Waals surface area contributed by atoms with E-state index in [1.807, 2.05) is 25.2 Å². The maximum Gasteiger partial charge on any atom is 0.135 e. The average molecular weight is 283 g/mol. The lowest BCUT2D eigenvalue weighted by atomic mass is 10.0. The van der Waals surface area contributed by atoms with Crippen LogP contribution in [0.1, 0.15) is 24.9 Å². The van der Waals surface area contributed by atoms with Crippen LogP contribution in [0, 0.1) is 5.82 Å². The number of hydrogen-bond donors (Lipinski definition) is 1. The summed E-state index contributed by atoms with van der Waals surface area (Å²) in [4.78, 5) is 0. The lowest BCUT2D eigenvalue weighted by Crippen LogP contribution is -2.14. The van der Waals surface area contributed by atoms with Gasteiger partial charge < -0.3 is 9.73 Å². The van der Waals surface area contributed by atoms with Gasteiger partial charge >= 0.3 is 0 Å². The Morgan fingerprint density at radius 1 is 1.14 bits per heavy atom. The number of furan rings is 1. The van der Waals surface area contributed by atoms with Crippen LogP contribution in [0.15, 0.2) is 52.9 Å². The Morgan fingerprint density at radius 3 is 2.76 bits per heavy atom. The summed E-state index contributed by atoms with van der Waals surface area (Å²) in [5.41, 5.74) is 2.94. The first-order valence-electron chi connectivity index (χ1n) is 7.18. The Kier molecular flexibility index (Phi) is 3.76. The van der Waals surface area contributed by atoms with Gasteiger partial charge in [-0.05, 0) is 49.4 Å². The van der Waals surface area contributed by atoms with Crippen molar-refractivity contribution in [3.05, 3.63) is 59.9 Å². The van der Waals surface area contributed by atoms with Crippen molar-refractivity contribution in [1.29, 1.82) is 0 Å². The molecule has 3 aromatic rings. The predicted octanol–water partition coefficient (Wildman–Crippen LogP) is 4.91. The molecule has 1 N–H and O–H groups in total. The van der Waals surface area contributed by atoms with Gasteiger partial charge in [-0.15, -0.1) is 0 Å². The van der Waals surface area contributed by atoms with Gasteiger partial charge in [-0.25, -0.2) is 4.39 Å². The normalized spacial score (nSPS) is 12.7. The third-order valence-corrected chi connectivity index (χ3v) is 3.81. The molecule has 0 saturated carbocycles. The molecule has 108 valence electrons. The van der Waals surface area contributed by atoms with E-state index < -0.39 is 0 Å². The van der Waals surface area contributed by atoms with Gasteiger partial charge in [0.2, 0.25) is 0 Å². The molecule has 2 aromatic carbocycles. The smallest absolute Gasteiger partial charge is 0.135 e. The molecule has 1 unspecified atom stereocenters. The van der Waals surface area contributed by atoms with Crippen LogP contribution in [0.4, 0.5) is 4.39 Å². The van der Waals surface area contributed by atoms with Crippen molar-refractivity contribution in [2.45, 2.75) is 19.4 Å². The first-order chi connectivity index (χ1) is 10.2. The first kappa shape index (κ1) is 13.8. The second-order valence-corrected chi connectivity index (χ2v) is 5.17. The minimum atomic E-state index is -0.246. The van der Waals surface area contributed by atoms with Crippen LogP contribution in [0.25, 0.3) is 22.3 Å². The number of halogens is 1. The van der Waals surface area contributed by atoms with E-state index in [-0.39, 0.29) is 5.82 Å². The van der Waals surface area contributed by atoms with Crippen LogP contribution in [-0.4, -0.2) is 7.05 Å². The molecule has 0 bridgehead atoms. The van der Waals surface area contributed by atoms with E-state index in [9.17, 15) is 4.39 Å². The summed E-state index contributed by atoms with van der Waals surface area (Å²) < 4.78 is 19.1. The molecule has 1 aromatic heterocycles. The van der Waals surface area contributed by atoms with E-state index in [1.54, 1.807) is 6.07 Å². The van der Waals surface area contributed by atoms with Crippen LogP contribution in [-0.2, 0) is 0 Å². The van der Waals surface area contributed by atoms with Gasteiger partial charge in [-0.1, -0.05) is 25.1 Å². The molecule has 2 nitrogen and oxygen atoms in total. The van der Waals surface area contributed by atoms with Gasteiger partial charge in [0.15, 0.2) is 0 Å². The average Bonchev–Trinajstić information content (AvgIpc) is 2.92.